The number of ether oxygens (including phenoxy) is 1. The van der Waals surface area contributed by atoms with Gasteiger partial charge in [-0.25, -0.2) is 0 Å². The monoisotopic (exact) mass is 210 g/mol. The molecule has 0 fully saturated rings. The minimum Gasteiger partial charge on any atom is -0.396 e. The number of aliphatic hydroxyl groups excluding tert-OH is 1. The van der Waals surface area contributed by atoms with E-state index in [1.165, 1.54) is 5.56 Å². The highest BCUT2D eigenvalue weighted by Crippen LogP contribution is 2.00. The molecule has 0 unspecified atom stereocenters. The summed E-state index contributed by atoms with van der Waals surface area (Å²) in [4.78, 5) is 0. The third-order valence-corrected chi connectivity index (χ3v) is 1.68. The Morgan fingerprint density at radius 2 is 1.67 bits per heavy atom. The summed E-state index contributed by atoms with van der Waals surface area (Å²) in [6.07, 6.45) is 1.97. The van der Waals surface area contributed by atoms with Crippen molar-refractivity contribution in [2.45, 2.75) is 33.3 Å². The highest BCUT2D eigenvalue weighted by molar-refractivity contribution is 5.13. The molecular weight excluding hydrogens is 188 g/mol. The lowest BCUT2D eigenvalue weighted by Gasteiger charge is -2.00. The molecule has 0 aliphatic carbocycles. The highest BCUT2D eigenvalue weighted by atomic mass is 16.5. The second kappa shape index (κ2) is 11.2. The molecule has 0 aliphatic heterocycles. The minimum atomic E-state index is 0.319. The van der Waals surface area contributed by atoms with Gasteiger partial charge in [-0.15, -0.1) is 0 Å². The van der Waals surface area contributed by atoms with Crippen molar-refractivity contribution >= 4 is 0 Å². The Hall–Kier alpha value is -0.860. The maximum atomic E-state index is 7.88. The maximum absolute atomic E-state index is 7.88. The van der Waals surface area contributed by atoms with Crippen molar-refractivity contribution in [3.05, 3.63) is 35.9 Å². The lowest BCUT2D eigenvalue weighted by molar-refractivity contribution is 0.121. The first-order valence-electron chi connectivity index (χ1n) is 5.57. The maximum Gasteiger partial charge on any atom is 0.0716 e. The van der Waals surface area contributed by atoms with Gasteiger partial charge in [-0.2, -0.15) is 0 Å². The molecule has 0 bridgehead atoms. The van der Waals surface area contributed by atoms with Crippen LogP contribution in [0.1, 0.15) is 32.3 Å². The number of hydrogen-bond donors (Lipinski definition) is 1. The second-order valence-corrected chi connectivity index (χ2v) is 3.26. The first kappa shape index (κ1) is 14.1. The second-order valence-electron chi connectivity index (χ2n) is 3.26. The SMILES string of the molecule is CCCO.CCCOCc1ccccc1. The predicted octanol–water partition coefficient (Wildman–Crippen LogP) is 3.00. The van der Waals surface area contributed by atoms with Crippen molar-refractivity contribution in [2.24, 2.45) is 0 Å². The number of benzene rings is 1. The minimum absolute atomic E-state index is 0.319. The van der Waals surface area contributed by atoms with Crippen molar-refractivity contribution in [3.8, 4) is 0 Å². The molecule has 1 rings (SSSR count). The van der Waals surface area contributed by atoms with E-state index >= 15 is 0 Å². The molecule has 0 aromatic heterocycles. The van der Waals surface area contributed by atoms with E-state index in [0.29, 0.717) is 6.61 Å². The van der Waals surface area contributed by atoms with Gasteiger partial charge in [0.05, 0.1) is 6.61 Å². The number of rotatable bonds is 5. The van der Waals surface area contributed by atoms with Crippen molar-refractivity contribution < 1.29 is 9.84 Å². The molecule has 0 saturated heterocycles. The zero-order chi connectivity index (χ0) is 11.4. The summed E-state index contributed by atoms with van der Waals surface area (Å²) in [6, 6.07) is 10.2. The quantitative estimate of drug-likeness (QED) is 0.757. The molecule has 0 radical (unpaired) electrons. The van der Waals surface area contributed by atoms with Crippen LogP contribution in [-0.4, -0.2) is 18.3 Å². The van der Waals surface area contributed by atoms with Crippen LogP contribution in [0.2, 0.25) is 0 Å². The topological polar surface area (TPSA) is 29.5 Å². The molecule has 0 atom stereocenters. The normalized spacial score (nSPS) is 9.27. The molecular formula is C13H22O2. The van der Waals surface area contributed by atoms with Crippen LogP contribution in [0.5, 0.6) is 0 Å². The van der Waals surface area contributed by atoms with Gasteiger partial charge in [0, 0.05) is 13.2 Å². The van der Waals surface area contributed by atoms with Gasteiger partial charge in [0.15, 0.2) is 0 Å². The van der Waals surface area contributed by atoms with Crippen LogP contribution >= 0.6 is 0 Å². The Bertz CT molecular complexity index is 207. The summed E-state index contributed by atoms with van der Waals surface area (Å²) >= 11 is 0. The van der Waals surface area contributed by atoms with E-state index in [0.717, 1.165) is 26.1 Å². The van der Waals surface area contributed by atoms with Crippen molar-refractivity contribution in [3.63, 3.8) is 0 Å². The first-order valence-corrected chi connectivity index (χ1v) is 5.57. The molecule has 0 amide bonds. The fourth-order valence-corrected chi connectivity index (χ4v) is 0.909. The van der Waals surface area contributed by atoms with Gasteiger partial charge in [0.1, 0.15) is 0 Å². The summed E-state index contributed by atoms with van der Waals surface area (Å²) in [5, 5.41) is 7.88. The van der Waals surface area contributed by atoms with E-state index in [-0.39, 0.29) is 0 Å². The van der Waals surface area contributed by atoms with Crippen LogP contribution < -0.4 is 0 Å². The fourth-order valence-electron chi connectivity index (χ4n) is 0.909. The van der Waals surface area contributed by atoms with E-state index in [9.17, 15) is 0 Å². The van der Waals surface area contributed by atoms with E-state index in [1.807, 2.05) is 25.1 Å². The van der Waals surface area contributed by atoms with Crippen LogP contribution in [-0.2, 0) is 11.3 Å². The Labute approximate surface area is 92.9 Å². The summed E-state index contributed by atoms with van der Waals surface area (Å²) in [7, 11) is 0. The zero-order valence-corrected chi connectivity index (χ0v) is 9.78. The van der Waals surface area contributed by atoms with E-state index in [1.54, 1.807) is 0 Å². The van der Waals surface area contributed by atoms with Gasteiger partial charge in [0.2, 0.25) is 0 Å². The average Bonchev–Trinajstić information content (AvgIpc) is 2.31. The van der Waals surface area contributed by atoms with Gasteiger partial charge < -0.3 is 9.84 Å². The molecule has 0 spiro atoms. The average molecular weight is 210 g/mol. The molecule has 0 aliphatic rings. The molecule has 2 heteroatoms. The highest BCUT2D eigenvalue weighted by Gasteiger charge is 1.88. The van der Waals surface area contributed by atoms with Crippen LogP contribution in [0.15, 0.2) is 30.3 Å². The third kappa shape index (κ3) is 9.44. The van der Waals surface area contributed by atoms with Crippen LogP contribution in [0.25, 0.3) is 0 Å². The van der Waals surface area contributed by atoms with Gasteiger partial charge in [-0.05, 0) is 18.4 Å². The van der Waals surface area contributed by atoms with Crippen molar-refractivity contribution in [1.82, 2.24) is 0 Å². The molecule has 86 valence electrons. The Morgan fingerprint density at radius 1 is 1.07 bits per heavy atom. The van der Waals surface area contributed by atoms with Gasteiger partial charge in [-0.1, -0.05) is 44.2 Å². The van der Waals surface area contributed by atoms with Crippen LogP contribution in [0.4, 0.5) is 0 Å². The van der Waals surface area contributed by atoms with Crippen molar-refractivity contribution in [1.29, 1.82) is 0 Å². The standard InChI is InChI=1S/C10H14O.C3H8O/c1-2-8-11-9-10-6-4-3-5-7-10;1-2-3-4/h3-7H,2,8-9H2,1H3;4H,2-3H2,1H3. The Balaban J connectivity index is 0.000000423. The molecule has 2 nitrogen and oxygen atoms in total. The van der Waals surface area contributed by atoms with E-state index in [2.05, 4.69) is 19.1 Å². The zero-order valence-electron chi connectivity index (χ0n) is 9.78. The van der Waals surface area contributed by atoms with Crippen LogP contribution in [0, 0.1) is 0 Å². The van der Waals surface area contributed by atoms with Gasteiger partial charge in [-0.3, -0.25) is 0 Å². The van der Waals surface area contributed by atoms with E-state index < -0.39 is 0 Å². The fraction of sp³-hybridized carbons (Fsp3) is 0.538. The molecule has 1 aromatic carbocycles. The largest absolute Gasteiger partial charge is 0.396 e. The molecule has 1 N–H and O–H groups in total. The van der Waals surface area contributed by atoms with Gasteiger partial charge >= 0.3 is 0 Å². The van der Waals surface area contributed by atoms with Crippen LogP contribution in [0.3, 0.4) is 0 Å². The first-order chi connectivity index (χ1) is 7.35. The smallest absolute Gasteiger partial charge is 0.0716 e. The van der Waals surface area contributed by atoms with E-state index in [4.69, 9.17) is 9.84 Å². The molecule has 0 saturated carbocycles. The molecule has 15 heavy (non-hydrogen) atoms. The lowest BCUT2D eigenvalue weighted by atomic mass is 10.2. The predicted molar refractivity (Wildman–Crippen MR) is 63.8 cm³/mol. The lowest BCUT2D eigenvalue weighted by Crippen LogP contribution is -1.92. The third-order valence-electron chi connectivity index (χ3n) is 1.68. The Morgan fingerprint density at radius 3 is 2.13 bits per heavy atom. The number of aliphatic hydroxyl groups is 1. The molecule has 1 aromatic rings. The Kier molecular flexibility index (Phi) is 10.6. The van der Waals surface area contributed by atoms with Crippen molar-refractivity contribution in [2.75, 3.05) is 13.2 Å². The molecule has 0 heterocycles. The summed E-state index contributed by atoms with van der Waals surface area (Å²) in [6.45, 7) is 5.97. The summed E-state index contributed by atoms with van der Waals surface area (Å²) < 4.78 is 5.37. The summed E-state index contributed by atoms with van der Waals surface area (Å²) in [5.41, 5.74) is 1.25. The summed E-state index contributed by atoms with van der Waals surface area (Å²) in [5.74, 6) is 0. The van der Waals surface area contributed by atoms with Gasteiger partial charge in [0.25, 0.3) is 0 Å². The number of hydrogen-bond acceptors (Lipinski definition) is 2.